The summed E-state index contributed by atoms with van der Waals surface area (Å²) >= 11 is 4.79. The van der Waals surface area contributed by atoms with Gasteiger partial charge in [0.25, 0.3) is 0 Å². The summed E-state index contributed by atoms with van der Waals surface area (Å²) in [5.41, 5.74) is 3.47. The molecule has 28 heavy (non-hydrogen) atoms. The van der Waals surface area contributed by atoms with Crippen molar-refractivity contribution in [2.75, 3.05) is 0 Å². The van der Waals surface area contributed by atoms with Crippen LogP contribution in [0.4, 0.5) is 5.82 Å². The average molecular weight is 395 g/mol. The van der Waals surface area contributed by atoms with Crippen molar-refractivity contribution >= 4 is 51.2 Å². The van der Waals surface area contributed by atoms with Crippen molar-refractivity contribution in [2.24, 2.45) is 12.0 Å². The SMILES string of the molecule is CCn1c(CC(=O)N(C2CC2)C2CC2)cc2c3c(ncn3C)c(N=C=S)nc21. The lowest BCUT2D eigenvalue weighted by atomic mass is 10.2. The molecule has 5 rings (SSSR count). The van der Waals surface area contributed by atoms with Gasteiger partial charge in [-0.25, -0.2) is 9.97 Å². The van der Waals surface area contributed by atoms with Gasteiger partial charge in [-0.2, -0.15) is 4.99 Å². The van der Waals surface area contributed by atoms with Crippen molar-refractivity contribution in [3.63, 3.8) is 0 Å². The van der Waals surface area contributed by atoms with Crippen LogP contribution < -0.4 is 0 Å². The summed E-state index contributed by atoms with van der Waals surface area (Å²) in [5.74, 6) is 0.710. The number of aliphatic imine (C=N–C) groups is 1. The Balaban J connectivity index is 1.63. The number of aromatic nitrogens is 4. The van der Waals surface area contributed by atoms with E-state index < -0.39 is 0 Å². The number of aryl methyl sites for hydroxylation is 2. The minimum absolute atomic E-state index is 0.237. The number of isothiocyanates is 1. The fraction of sp³-hybridized carbons (Fsp3) is 0.500. The molecule has 0 N–H and O–H groups in total. The lowest BCUT2D eigenvalue weighted by molar-refractivity contribution is -0.131. The minimum Gasteiger partial charge on any atom is -0.336 e. The van der Waals surface area contributed by atoms with E-state index >= 15 is 0 Å². The zero-order chi connectivity index (χ0) is 19.4. The van der Waals surface area contributed by atoms with Gasteiger partial charge < -0.3 is 14.0 Å². The first-order chi connectivity index (χ1) is 13.6. The molecule has 2 fully saturated rings. The van der Waals surface area contributed by atoms with Gasteiger partial charge in [0, 0.05) is 36.8 Å². The molecule has 1 amide bonds. The second-order valence-electron chi connectivity index (χ2n) is 7.75. The predicted molar refractivity (Wildman–Crippen MR) is 111 cm³/mol. The molecule has 144 valence electrons. The van der Waals surface area contributed by atoms with Gasteiger partial charge in [-0.1, -0.05) is 0 Å². The predicted octanol–water partition coefficient (Wildman–Crippen LogP) is 3.37. The van der Waals surface area contributed by atoms with Crippen molar-refractivity contribution in [3.05, 3.63) is 18.1 Å². The van der Waals surface area contributed by atoms with Gasteiger partial charge in [-0.3, -0.25) is 4.79 Å². The van der Waals surface area contributed by atoms with Crippen molar-refractivity contribution in [3.8, 4) is 0 Å². The molecule has 0 atom stereocenters. The van der Waals surface area contributed by atoms with Crippen LogP contribution in [0.25, 0.3) is 22.1 Å². The number of amides is 1. The Kier molecular flexibility index (Phi) is 4.07. The molecular weight excluding hydrogens is 372 g/mol. The maximum atomic E-state index is 13.1. The lowest BCUT2D eigenvalue weighted by Crippen LogP contribution is -2.36. The first kappa shape index (κ1) is 17.5. The Bertz CT molecular complexity index is 1130. The minimum atomic E-state index is 0.237. The Hall–Kier alpha value is -2.57. The smallest absolute Gasteiger partial charge is 0.229 e. The molecule has 0 radical (unpaired) electrons. The number of pyridine rings is 1. The van der Waals surface area contributed by atoms with E-state index in [4.69, 9.17) is 17.2 Å². The highest BCUT2D eigenvalue weighted by atomic mass is 32.1. The van der Waals surface area contributed by atoms with Crippen LogP contribution in [-0.4, -0.2) is 47.2 Å². The van der Waals surface area contributed by atoms with E-state index in [1.165, 1.54) is 0 Å². The molecule has 3 heterocycles. The maximum absolute atomic E-state index is 13.1. The molecule has 0 spiro atoms. The van der Waals surface area contributed by atoms with E-state index in [1.807, 2.05) is 11.6 Å². The molecule has 3 aromatic rings. The molecule has 0 unspecified atom stereocenters. The first-order valence-corrected chi connectivity index (χ1v) is 10.2. The molecule has 2 aliphatic rings. The van der Waals surface area contributed by atoms with Crippen LogP contribution in [0.15, 0.2) is 17.4 Å². The quantitative estimate of drug-likeness (QED) is 0.475. The van der Waals surface area contributed by atoms with E-state index in [1.54, 1.807) is 6.33 Å². The van der Waals surface area contributed by atoms with Gasteiger partial charge in [0.2, 0.25) is 5.91 Å². The number of hydrogen-bond donors (Lipinski definition) is 0. The second kappa shape index (κ2) is 6.50. The summed E-state index contributed by atoms with van der Waals surface area (Å²) in [6.07, 6.45) is 6.75. The standard InChI is InChI=1S/C20H22N6OS/c1-3-25-14(9-16(27)26(12-4-5-12)13-6-7-13)8-15-18-17(21-10-24(18)2)19(22-11-28)23-20(15)25/h8,10,12-13H,3-7,9H2,1-2H3. The summed E-state index contributed by atoms with van der Waals surface area (Å²) in [4.78, 5) is 28.5. The van der Waals surface area contributed by atoms with E-state index in [0.29, 0.717) is 29.8 Å². The van der Waals surface area contributed by atoms with Crippen LogP contribution in [-0.2, 0) is 24.8 Å². The monoisotopic (exact) mass is 394 g/mol. The fourth-order valence-electron chi connectivity index (χ4n) is 4.23. The fourth-order valence-corrected chi connectivity index (χ4v) is 4.31. The van der Waals surface area contributed by atoms with Gasteiger partial charge in [0.1, 0.15) is 11.2 Å². The zero-order valence-electron chi connectivity index (χ0n) is 16.1. The van der Waals surface area contributed by atoms with Crippen LogP contribution in [0, 0.1) is 0 Å². The second-order valence-corrected chi connectivity index (χ2v) is 7.93. The van der Waals surface area contributed by atoms with E-state index in [0.717, 1.165) is 54.5 Å². The molecule has 0 saturated heterocycles. The maximum Gasteiger partial charge on any atom is 0.229 e. The highest BCUT2D eigenvalue weighted by Crippen LogP contribution is 2.38. The third kappa shape index (κ3) is 2.75. The average Bonchev–Trinajstić information content (AvgIpc) is 3.60. The molecule has 2 aliphatic carbocycles. The first-order valence-electron chi connectivity index (χ1n) is 9.84. The Morgan fingerprint density at radius 1 is 1.36 bits per heavy atom. The Morgan fingerprint density at radius 2 is 2.07 bits per heavy atom. The van der Waals surface area contributed by atoms with Crippen molar-refractivity contribution in [1.82, 2.24) is 24.0 Å². The summed E-state index contributed by atoms with van der Waals surface area (Å²) in [7, 11) is 1.95. The summed E-state index contributed by atoms with van der Waals surface area (Å²) in [6, 6.07) is 3.02. The molecule has 0 bridgehead atoms. The van der Waals surface area contributed by atoms with E-state index in [-0.39, 0.29) is 5.91 Å². The molecule has 0 aromatic carbocycles. The normalized spacial score (nSPS) is 16.5. The number of hydrogen-bond acceptors (Lipinski definition) is 5. The number of thiocarbonyl (C=S) groups is 1. The Morgan fingerprint density at radius 3 is 2.68 bits per heavy atom. The molecule has 3 aromatic heterocycles. The highest BCUT2D eigenvalue weighted by molar-refractivity contribution is 7.78. The number of carbonyl (C=O) groups is 1. The van der Waals surface area contributed by atoms with Crippen LogP contribution in [0.2, 0.25) is 0 Å². The summed E-state index contributed by atoms with van der Waals surface area (Å²) < 4.78 is 4.08. The van der Waals surface area contributed by atoms with Crippen molar-refractivity contribution in [1.29, 1.82) is 0 Å². The molecule has 7 nitrogen and oxygen atoms in total. The highest BCUT2D eigenvalue weighted by Gasteiger charge is 2.42. The third-order valence-corrected chi connectivity index (χ3v) is 5.83. The van der Waals surface area contributed by atoms with Crippen molar-refractivity contribution in [2.45, 2.75) is 57.7 Å². The molecular formula is C20H22N6OS. The largest absolute Gasteiger partial charge is 0.336 e. The van der Waals surface area contributed by atoms with E-state index in [2.05, 4.69) is 37.6 Å². The van der Waals surface area contributed by atoms with Gasteiger partial charge in [-0.05, 0) is 50.9 Å². The number of carbonyl (C=O) groups excluding carboxylic acids is 1. The van der Waals surface area contributed by atoms with Gasteiger partial charge in [0.05, 0.1) is 23.4 Å². The van der Waals surface area contributed by atoms with Crippen molar-refractivity contribution < 1.29 is 4.79 Å². The summed E-state index contributed by atoms with van der Waals surface area (Å²) in [5, 5.41) is 3.40. The molecule has 0 aliphatic heterocycles. The molecule has 8 heteroatoms. The van der Waals surface area contributed by atoms with E-state index in [9.17, 15) is 4.79 Å². The Labute approximate surface area is 168 Å². The zero-order valence-corrected chi connectivity index (χ0v) is 16.9. The number of fused-ring (bicyclic) bond motifs is 3. The number of imidazole rings is 1. The summed E-state index contributed by atoms with van der Waals surface area (Å²) in [6.45, 7) is 2.81. The van der Waals surface area contributed by atoms with Crippen LogP contribution in [0.5, 0.6) is 0 Å². The number of nitrogens with zero attached hydrogens (tertiary/aromatic N) is 6. The number of rotatable bonds is 6. The molecule has 2 saturated carbocycles. The van der Waals surface area contributed by atoms with Crippen LogP contribution in [0.1, 0.15) is 38.3 Å². The topological polar surface area (TPSA) is 68.3 Å². The van der Waals surface area contributed by atoms with Gasteiger partial charge in [0.15, 0.2) is 5.82 Å². The van der Waals surface area contributed by atoms with Crippen LogP contribution >= 0.6 is 12.2 Å². The third-order valence-electron chi connectivity index (χ3n) is 5.74. The lowest BCUT2D eigenvalue weighted by Gasteiger charge is -2.22. The van der Waals surface area contributed by atoms with Gasteiger partial charge >= 0.3 is 0 Å². The van der Waals surface area contributed by atoms with Gasteiger partial charge in [-0.15, -0.1) is 0 Å². The van der Waals surface area contributed by atoms with Crippen LogP contribution in [0.3, 0.4) is 0 Å².